The molecule has 0 saturated carbocycles. The van der Waals surface area contributed by atoms with Crippen molar-refractivity contribution >= 4 is 17.2 Å². The van der Waals surface area contributed by atoms with Crippen molar-refractivity contribution in [2.45, 2.75) is 12.8 Å². The maximum atomic E-state index is 11.4. The molecule has 2 rings (SSSR count). The van der Waals surface area contributed by atoms with Gasteiger partial charge in [-0.1, -0.05) is 0 Å². The van der Waals surface area contributed by atoms with Crippen molar-refractivity contribution in [1.82, 2.24) is 0 Å². The van der Waals surface area contributed by atoms with Crippen LogP contribution in [0.5, 0.6) is 0 Å². The summed E-state index contributed by atoms with van der Waals surface area (Å²) in [5.41, 5.74) is 6.76. The molecule has 0 aliphatic heterocycles. The van der Waals surface area contributed by atoms with Crippen LogP contribution in [0, 0.1) is 10.1 Å². The number of rotatable bonds is 1. The first-order chi connectivity index (χ1) is 6.61. The van der Waals surface area contributed by atoms with Crippen LogP contribution in [0.4, 0.5) is 11.4 Å². The predicted octanol–water partition coefficient (Wildman–Crippen LogP) is 1.31. The van der Waals surface area contributed by atoms with Crippen LogP contribution < -0.4 is 5.73 Å². The highest BCUT2D eigenvalue weighted by Crippen LogP contribution is 2.33. The Morgan fingerprint density at radius 1 is 1.36 bits per heavy atom. The Balaban J connectivity index is 2.70. The lowest BCUT2D eigenvalue weighted by molar-refractivity contribution is -0.385. The molecule has 0 saturated heterocycles. The van der Waals surface area contributed by atoms with Crippen molar-refractivity contribution in [3.63, 3.8) is 0 Å². The van der Waals surface area contributed by atoms with E-state index in [0.29, 0.717) is 29.7 Å². The largest absolute Gasteiger partial charge is 0.398 e. The molecule has 0 aromatic heterocycles. The van der Waals surface area contributed by atoms with Crippen molar-refractivity contribution in [2.24, 2.45) is 0 Å². The molecule has 0 unspecified atom stereocenters. The Labute approximate surface area is 79.7 Å². The van der Waals surface area contributed by atoms with Gasteiger partial charge in [-0.15, -0.1) is 0 Å². The number of nitrogens with two attached hydrogens (primary N) is 1. The third kappa shape index (κ3) is 1.06. The second kappa shape index (κ2) is 2.80. The molecule has 2 N–H and O–H groups in total. The zero-order valence-corrected chi connectivity index (χ0v) is 7.32. The summed E-state index contributed by atoms with van der Waals surface area (Å²) in [4.78, 5) is 21.5. The number of ketones is 1. The second-order valence-corrected chi connectivity index (χ2v) is 3.21. The van der Waals surface area contributed by atoms with E-state index in [4.69, 9.17) is 5.73 Å². The molecule has 0 spiro atoms. The average molecular weight is 192 g/mol. The van der Waals surface area contributed by atoms with Crippen LogP contribution in [0.3, 0.4) is 0 Å². The Bertz CT molecular complexity index is 440. The molecule has 0 bridgehead atoms. The minimum absolute atomic E-state index is 0.0000463. The second-order valence-electron chi connectivity index (χ2n) is 3.21. The predicted molar refractivity (Wildman–Crippen MR) is 50.2 cm³/mol. The quantitative estimate of drug-likeness (QED) is 0.413. The van der Waals surface area contributed by atoms with Crippen molar-refractivity contribution in [3.8, 4) is 0 Å². The van der Waals surface area contributed by atoms with E-state index in [9.17, 15) is 14.9 Å². The fourth-order valence-electron chi connectivity index (χ4n) is 1.77. The van der Waals surface area contributed by atoms with Gasteiger partial charge in [0.25, 0.3) is 5.69 Å². The van der Waals surface area contributed by atoms with E-state index in [-0.39, 0.29) is 11.5 Å². The molecule has 1 aliphatic carbocycles. The van der Waals surface area contributed by atoms with Gasteiger partial charge in [-0.2, -0.15) is 0 Å². The number of nitro groups is 1. The van der Waals surface area contributed by atoms with Crippen LogP contribution in [0.25, 0.3) is 0 Å². The molecular weight excluding hydrogens is 184 g/mol. The number of nitro benzene ring substituents is 1. The maximum Gasteiger partial charge on any atom is 0.273 e. The van der Waals surface area contributed by atoms with Gasteiger partial charge in [0.2, 0.25) is 0 Å². The first-order valence-corrected chi connectivity index (χ1v) is 4.20. The number of hydrogen-bond acceptors (Lipinski definition) is 4. The van der Waals surface area contributed by atoms with E-state index in [2.05, 4.69) is 0 Å². The number of benzene rings is 1. The summed E-state index contributed by atoms with van der Waals surface area (Å²) in [7, 11) is 0. The van der Waals surface area contributed by atoms with Crippen LogP contribution in [0.1, 0.15) is 22.3 Å². The Hall–Kier alpha value is -1.91. The van der Waals surface area contributed by atoms with Crippen LogP contribution in [-0.4, -0.2) is 10.7 Å². The van der Waals surface area contributed by atoms with Gasteiger partial charge in [-0.25, -0.2) is 0 Å². The smallest absolute Gasteiger partial charge is 0.273 e. The maximum absolute atomic E-state index is 11.4. The van der Waals surface area contributed by atoms with Gasteiger partial charge in [-0.3, -0.25) is 14.9 Å². The molecule has 1 aromatic rings. The number of hydrogen-bond donors (Lipinski definition) is 1. The highest BCUT2D eigenvalue weighted by Gasteiger charge is 2.29. The summed E-state index contributed by atoms with van der Waals surface area (Å²) in [5.74, 6) is -0.0961. The summed E-state index contributed by atoms with van der Waals surface area (Å²) in [6.45, 7) is 0. The highest BCUT2D eigenvalue weighted by atomic mass is 16.6. The van der Waals surface area contributed by atoms with Crippen molar-refractivity contribution < 1.29 is 9.72 Å². The molecule has 0 atom stereocenters. The van der Waals surface area contributed by atoms with Crippen LogP contribution >= 0.6 is 0 Å². The van der Waals surface area contributed by atoms with E-state index in [1.54, 1.807) is 0 Å². The lowest BCUT2D eigenvalue weighted by Crippen LogP contribution is -2.01. The van der Waals surface area contributed by atoms with Gasteiger partial charge in [0, 0.05) is 23.7 Å². The number of nitrogens with zero attached hydrogens (tertiary/aromatic N) is 1. The molecule has 0 fully saturated rings. The minimum atomic E-state index is -0.475. The Morgan fingerprint density at radius 3 is 2.71 bits per heavy atom. The zero-order valence-electron chi connectivity index (χ0n) is 7.32. The first kappa shape index (κ1) is 8.68. The molecule has 0 radical (unpaired) electrons. The molecule has 5 nitrogen and oxygen atoms in total. The fourth-order valence-corrected chi connectivity index (χ4v) is 1.77. The number of fused-ring (bicyclic) bond motifs is 1. The molecule has 14 heavy (non-hydrogen) atoms. The molecule has 1 aromatic carbocycles. The third-order valence-corrected chi connectivity index (χ3v) is 2.40. The Kier molecular flexibility index (Phi) is 1.73. The normalized spacial score (nSPS) is 14.1. The van der Waals surface area contributed by atoms with E-state index < -0.39 is 4.92 Å². The first-order valence-electron chi connectivity index (χ1n) is 4.20. The van der Waals surface area contributed by atoms with Gasteiger partial charge >= 0.3 is 0 Å². The topological polar surface area (TPSA) is 86.2 Å². The SMILES string of the molecule is Nc1ccc([N+](=O)[O-])c2c1C(=O)CC2. The summed E-state index contributed by atoms with van der Waals surface area (Å²) < 4.78 is 0. The number of Topliss-reactive ketones (excluding diaryl/α,β-unsaturated/α-hetero) is 1. The van der Waals surface area contributed by atoms with E-state index in [0.717, 1.165) is 0 Å². The van der Waals surface area contributed by atoms with Gasteiger partial charge in [-0.05, 0) is 12.5 Å². The molecule has 0 heterocycles. The van der Waals surface area contributed by atoms with E-state index in [1.807, 2.05) is 0 Å². The fraction of sp³-hybridized carbons (Fsp3) is 0.222. The number of anilines is 1. The summed E-state index contributed by atoms with van der Waals surface area (Å²) >= 11 is 0. The average Bonchev–Trinajstić information content (AvgIpc) is 2.49. The number of nitrogen functional groups attached to an aromatic ring is 1. The number of carbonyl (C=O) groups is 1. The molecule has 1 aliphatic rings. The van der Waals surface area contributed by atoms with Crippen molar-refractivity contribution in [2.75, 3.05) is 5.73 Å². The summed E-state index contributed by atoms with van der Waals surface area (Å²) in [6.07, 6.45) is 0.750. The number of carbonyl (C=O) groups excluding carboxylic acids is 1. The Morgan fingerprint density at radius 2 is 2.07 bits per heavy atom. The van der Waals surface area contributed by atoms with Crippen LogP contribution in [-0.2, 0) is 6.42 Å². The highest BCUT2D eigenvalue weighted by molar-refractivity contribution is 6.05. The molecular formula is C9H8N2O3. The van der Waals surface area contributed by atoms with Gasteiger partial charge in [0.15, 0.2) is 5.78 Å². The van der Waals surface area contributed by atoms with E-state index in [1.165, 1.54) is 12.1 Å². The molecule has 0 amide bonds. The minimum Gasteiger partial charge on any atom is -0.398 e. The van der Waals surface area contributed by atoms with Crippen molar-refractivity contribution in [3.05, 3.63) is 33.4 Å². The monoisotopic (exact) mass is 192 g/mol. The summed E-state index contributed by atoms with van der Waals surface area (Å²) in [6, 6.07) is 2.77. The zero-order chi connectivity index (χ0) is 10.3. The third-order valence-electron chi connectivity index (χ3n) is 2.40. The van der Waals surface area contributed by atoms with Crippen LogP contribution in [0.15, 0.2) is 12.1 Å². The van der Waals surface area contributed by atoms with E-state index >= 15 is 0 Å². The van der Waals surface area contributed by atoms with Crippen molar-refractivity contribution in [1.29, 1.82) is 0 Å². The summed E-state index contributed by atoms with van der Waals surface area (Å²) in [5, 5.41) is 10.6. The van der Waals surface area contributed by atoms with Gasteiger partial charge < -0.3 is 5.73 Å². The lowest BCUT2D eigenvalue weighted by atomic mass is 10.1. The van der Waals surface area contributed by atoms with Crippen LogP contribution in [0.2, 0.25) is 0 Å². The standard InChI is InChI=1S/C9H8N2O3/c10-6-2-3-7(11(13)14)5-1-4-8(12)9(5)6/h2-3H,1,4,10H2. The lowest BCUT2D eigenvalue weighted by Gasteiger charge is -2.02. The molecule has 5 heteroatoms. The van der Waals surface area contributed by atoms with Gasteiger partial charge in [0.05, 0.1) is 10.5 Å². The molecule has 72 valence electrons. The van der Waals surface area contributed by atoms with Gasteiger partial charge in [0.1, 0.15) is 0 Å².